The third-order valence-electron chi connectivity index (χ3n) is 3.72. The Hall–Kier alpha value is -3.20. The molecule has 1 amide bonds. The highest BCUT2D eigenvalue weighted by molar-refractivity contribution is 6.33. The number of hydrogen-bond donors (Lipinski definition) is 1. The Balaban J connectivity index is 1.53. The molecule has 0 atom stereocenters. The minimum absolute atomic E-state index is 0.0830. The summed E-state index contributed by atoms with van der Waals surface area (Å²) in [5.74, 6) is -0.517. The van der Waals surface area contributed by atoms with Crippen molar-refractivity contribution in [2.45, 2.75) is 6.18 Å². The van der Waals surface area contributed by atoms with E-state index in [0.717, 1.165) is 18.2 Å². The molecule has 2 aromatic carbocycles. The van der Waals surface area contributed by atoms with E-state index in [1.807, 2.05) is 0 Å². The van der Waals surface area contributed by atoms with Crippen molar-refractivity contribution in [2.75, 3.05) is 18.7 Å². The van der Waals surface area contributed by atoms with Crippen LogP contribution in [-0.4, -0.2) is 25.3 Å². The first-order valence-electron chi connectivity index (χ1n) is 8.13. The maximum atomic E-state index is 12.7. The first kappa shape index (κ1) is 20.5. The molecule has 152 valence electrons. The van der Waals surface area contributed by atoms with Crippen molar-refractivity contribution >= 4 is 35.2 Å². The van der Waals surface area contributed by atoms with Crippen molar-refractivity contribution in [2.24, 2.45) is 0 Å². The van der Waals surface area contributed by atoms with Crippen LogP contribution >= 0.6 is 11.6 Å². The lowest BCUT2D eigenvalue weighted by Crippen LogP contribution is -2.20. The van der Waals surface area contributed by atoms with Gasteiger partial charge in [-0.15, -0.1) is 0 Å². The van der Waals surface area contributed by atoms with Crippen molar-refractivity contribution in [3.05, 3.63) is 58.6 Å². The third kappa shape index (κ3) is 5.41. The SMILES string of the molecule is O=C(COC(=O)C=Cc1ccc2c(c1)OCO2)Nc1cc(C(F)(F)F)ccc1Cl. The number of carbonyl (C=O) groups excluding carboxylic acids is 2. The van der Waals surface area contributed by atoms with E-state index in [-0.39, 0.29) is 17.5 Å². The zero-order valence-electron chi connectivity index (χ0n) is 14.6. The summed E-state index contributed by atoms with van der Waals surface area (Å²) in [7, 11) is 0. The molecule has 0 saturated heterocycles. The van der Waals surface area contributed by atoms with Crippen LogP contribution in [0.15, 0.2) is 42.5 Å². The number of rotatable bonds is 5. The van der Waals surface area contributed by atoms with E-state index in [2.05, 4.69) is 5.32 Å². The van der Waals surface area contributed by atoms with E-state index in [1.54, 1.807) is 18.2 Å². The normalized spacial score (nSPS) is 12.8. The second-order valence-electron chi connectivity index (χ2n) is 5.79. The van der Waals surface area contributed by atoms with Crippen molar-refractivity contribution in [1.29, 1.82) is 0 Å². The van der Waals surface area contributed by atoms with Gasteiger partial charge in [-0.3, -0.25) is 4.79 Å². The summed E-state index contributed by atoms with van der Waals surface area (Å²) in [6.07, 6.45) is -2.04. The molecule has 0 radical (unpaired) electrons. The molecule has 0 aromatic heterocycles. The zero-order valence-corrected chi connectivity index (χ0v) is 15.3. The second kappa shape index (κ2) is 8.44. The van der Waals surface area contributed by atoms with Gasteiger partial charge in [0.15, 0.2) is 18.1 Å². The largest absolute Gasteiger partial charge is 0.454 e. The van der Waals surface area contributed by atoms with Crippen LogP contribution in [0.25, 0.3) is 6.08 Å². The van der Waals surface area contributed by atoms with E-state index in [0.29, 0.717) is 23.1 Å². The lowest BCUT2D eigenvalue weighted by Gasteiger charge is -2.11. The molecular weight excluding hydrogens is 415 g/mol. The Kier molecular flexibility index (Phi) is 5.97. The number of ether oxygens (including phenoxy) is 3. The van der Waals surface area contributed by atoms with Gasteiger partial charge in [0, 0.05) is 6.08 Å². The number of hydrogen-bond acceptors (Lipinski definition) is 5. The Labute approximate surface area is 167 Å². The molecule has 0 saturated carbocycles. The van der Waals surface area contributed by atoms with E-state index in [1.165, 1.54) is 6.08 Å². The number of nitrogens with one attached hydrogen (secondary N) is 1. The quantitative estimate of drug-likeness (QED) is 0.569. The van der Waals surface area contributed by atoms with Crippen LogP contribution < -0.4 is 14.8 Å². The molecule has 1 aliphatic heterocycles. The van der Waals surface area contributed by atoms with Crippen molar-refractivity contribution < 1.29 is 37.0 Å². The van der Waals surface area contributed by atoms with Gasteiger partial charge in [0.2, 0.25) is 6.79 Å². The zero-order chi connectivity index (χ0) is 21.0. The smallest absolute Gasteiger partial charge is 0.416 e. The lowest BCUT2D eigenvalue weighted by atomic mass is 10.2. The van der Waals surface area contributed by atoms with Crippen LogP contribution in [-0.2, 0) is 20.5 Å². The van der Waals surface area contributed by atoms with E-state index < -0.39 is 30.2 Å². The number of halogens is 4. The van der Waals surface area contributed by atoms with Crippen molar-refractivity contribution in [3.8, 4) is 11.5 Å². The van der Waals surface area contributed by atoms with Gasteiger partial charge in [-0.05, 0) is 42.0 Å². The second-order valence-corrected chi connectivity index (χ2v) is 6.20. The standard InChI is InChI=1S/C19H13ClF3NO5/c20-13-4-3-12(19(21,22)23)8-14(13)24-17(25)9-27-18(26)6-2-11-1-5-15-16(7-11)29-10-28-15/h1-8H,9-10H2,(H,24,25). The highest BCUT2D eigenvalue weighted by atomic mass is 35.5. The number of anilines is 1. The van der Waals surface area contributed by atoms with Gasteiger partial charge in [-0.2, -0.15) is 13.2 Å². The van der Waals surface area contributed by atoms with Crippen molar-refractivity contribution in [1.82, 2.24) is 0 Å². The Morgan fingerprint density at radius 3 is 2.66 bits per heavy atom. The van der Waals surface area contributed by atoms with Gasteiger partial charge in [-0.1, -0.05) is 17.7 Å². The summed E-state index contributed by atoms with van der Waals surface area (Å²) in [5.41, 5.74) is -0.564. The summed E-state index contributed by atoms with van der Waals surface area (Å²) < 4.78 is 53.4. The molecule has 0 aliphatic carbocycles. The fraction of sp³-hybridized carbons (Fsp3) is 0.158. The van der Waals surface area contributed by atoms with E-state index >= 15 is 0 Å². The molecule has 29 heavy (non-hydrogen) atoms. The lowest BCUT2D eigenvalue weighted by molar-refractivity contribution is -0.142. The van der Waals surface area contributed by atoms with Gasteiger partial charge in [0.05, 0.1) is 16.3 Å². The number of benzene rings is 2. The number of amides is 1. The van der Waals surface area contributed by atoms with Crippen LogP contribution in [0.1, 0.15) is 11.1 Å². The Bertz CT molecular complexity index is 975. The summed E-state index contributed by atoms with van der Waals surface area (Å²) in [4.78, 5) is 23.6. The summed E-state index contributed by atoms with van der Waals surface area (Å²) in [6.45, 7) is -0.577. The molecule has 3 rings (SSSR count). The average Bonchev–Trinajstić information content (AvgIpc) is 3.13. The Morgan fingerprint density at radius 2 is 1.90 bits per heavy atom. The fourth-order valence-corrected chi connectivity index (χ4v) is 2.51. The van der Waals surface area contributed by atoms with Crippen LogP contribution in [0.2, 0.25) is 5.02 Å². The number of carbonyl (C=O) groups is 2. The number of esters is 1. The van der Waals surface area contributed by atoms with Crippen molar-refractivity contribution in [3.63, 3.8) is 0 Å². The minimum atomic E-state index is -4.59. The Morgan fingerprint density at radius 1 is 1.14 bits per heavy atom. The van der Waals surface area contributed by atoms with Gasteiger partial charge in [0.25, 0.3) is 5.91 Å². The molecule has 2 aromatic rings. The highest BCUT2D eigenvalue weighted by Gasteiger charge is 2.31. The minimum Gasteiger partial charge on any atom is -0.454 e. The van der Waals surface area contributed by atoms with Gasteiger partial charge in [0.1, 0.15) is 0 Å². The molecule has 0 fully saturated rings. The molecule has 1 aliphatic rings. The fourth-order valence-electron chi connectivity index (χ4n) is 2.35. The van der Waals surface area contributed by atoms with Gasteiger partial charge < -0.3 is 19.5 Å². The first-order chi connectivity index (χ1) is 13.7. The monoisotopic (exact) mass is 427 g/mol. The molecular formula is C19H13ClF3NO5. The van der Waals surface area contributed by atoms with Crippen LogP contribution in [0.3, 0.4) is 0 Å². The summed E-state index contributed by atoms with van der Waals surface area (Å²) >= 11 is 5.79. The molecule has 1 N–H and O–H groups in total. The third-order valence-corrected chi connectivity index (χ3v) is 4.05. The molecule has 0 unspecified atom stereocenters. The topological polar surface area (TPSA) is 73.9 Å². The molecule has 1 heterocycles. The molecule has 10 heteroatoms. The van der Waals surface area contributed by atoms with E-state index in [9.17, 15) is 22.8 Å². The van der Waals surface area contributed by atoms with Gasteiger partial charge in [-0.25, -0.2) is 4.79 Å². The summed E-state index contributed by atoms with van der Waals surface area (Å²) in [5, 5.41) is 2.09. The predicted molar refractivity (Wildman–Crippen MR) is 97.6 cm³/mol. The first-order valence-corrected chi connectivity index (χ1v) is 8.51. The van der Waals surface area contributed by atoms with Crippen LogP contribution in [0.4, 0.5) is 18.9 Å². The predicted octanol–water partition coefficient (Wildman–Crippen LogP) is 4.28. The van der Waals surface area contributed by atoms with Crippen LogP contribution in [0, 0.1) is 0 Å². The maximum absolute atomic E-state index is 12.7. The highest BCUT2D eigenvalue weighted by Crippen LogP contribution is 2.34. The molecule has 0 bridgehead atoms. The summed E-state index contributed by atoms with van der Waals surface area (Å²) in [6, 6.07) is 7.54. The number of fused-ring (bicyclic) bond motifs is 1. The maximum Gasteiger partial charge on any atom is 0.416 e. The molecule has 6 nitrogen and oxygen atoms in total. The van der Waals surface area contributed by atoms with E-state index in [4.69, 9.17) is 25.8 Å². The average molecular weight is 428 g/mol. The van der Waals surface area contributed by atoms with Crippen LogP contribution in [0.5, 0.6) is 11.5 Å². The number of alkyl halides is 3. The van der Waals surface area contributed by atoms with Gasteiger partial charge >= 0.3 is 12.1 Å². The molecule has 0 spiro atoms.